The van der Waals surface area contributed by atoms with Crippen molar-refractivity contribution in [1.82, 2.24) is 5.32 Å². The van der Waals surface area contributed by atoms with E-state index in [1.165, 1.54) is 0 Å². The van der Waals surface area contributed by atoms with Gasteiger partial charge in [-0.3, -0.25) is 0 Å². The Kier molecular flexibility index (Phi) is 5.54. The van der Waals surface area contributed by atoms with Crippen molar-refractivity contribution in [2.75, 3.05) is 6.54 Å². The molecule has 1 heterocycles. The molecular formula is C14H24ClNO. The van der Waals surface area contributed by atoms with Crippen LogP contribution in [0.5, 0.6) is 0 Å². The predicted octanol–water partition coefficient (Wildman–Crippen LogP) is 4.80. The lowest BCUT2D eigenvalue weighted by atomic mass is 9.87. The lowest BCUT2D eigenvalue weighted by Crippen LogP contribution is -2.23. The molecule has 1 atom stereocenters. The Bertz CT molecular complexity index is 327. The monoisotopic (exact) mass is 257 g/mol. The van der Waals surface area contributed by atoms with Crippen LogP contribution in [0.25, 0.3) is 0 Å². The Morgan fingerprint density at radius 3 is 2.59 bits per heavy atom. The third-order valence-electron chi connectivity index (χ3n) is 2.85. The highest BCUT2D eigenvalue weighted by atomic mass is 35.5. The van der Waals surface area contributed by atoms with E-state index in [2.05, 4.69) is 33.0 Å². The number of rotatable bonds is 6. The summed E-state index contributed by atoms with van der Waals surface area (Å²) >= 11 is 6.06. The van der Waals surface area contributed by atoms with Crippen molar-refractivity contribution in [3.8, 4) is 0 Å². The van der Waals surface area contributed by atoms with Crippen molar-refractivity contribution >= 4 is 11.6 Å². The molecule has 0 spiro atoms. The molecule has 0 fully saturated rings. The lowest BCUT2D eigenvalue weighted by Gasteiger charge is -2.23. The second-order valence-corrected chi connectivity index (χ2v) is 6.10. The number of hydrogen-bond donors (Lipinski definition) is 1. The molecule has 0 bridgehead atoms. The zero-order valence-electron chi connectivity index (χ0n) is 11.3. The highest BCUT2D eigenvalue weighted by molar-refractivity contribution is 6.29. The Morgan fingerprint density at radius 2 is 2.12 bits per heavy atom. The Morgan fingerprint density at radius 1 is 1.41 bits per heavy atom. The number of hydrogen-bond acceptors (Lipinski definition) is 2. The molecule has 0 aliphatic rings. The highest BCUT2D eigenvalue weighted by Gasteiger charge is 2.19. The zero-order valence-corrected chi connectivity index (χ0v) is 12.1. The molecule has 0 aliphatic carbocycles. The molecule has 17 heavy (non-hydrogen) atoms. The van der Waals surface area contributed by atoms with E-state index in [1.807, 2.05) is 6.07 Å². The van der Waals surface area contributed by atoms with Crippen molar-refractivity contribution < 1.29 is 4.42 Å². The van der Waals surface area contributed by atoms with Gasteiger partial charge in [0.2, 0.25) is 0 Å². The van der Waals surface area contributed by atoms with Gasteiger partial charge in [0.15, 0.2) is 5.22 Å². The molecule has 1 N–H and O–H groups in total. The fourth-order valence-corrected chi connectivity index (χ4v) is 2.06. The fourth-order valence-electron chi connectivity index (χ4n) is 1.82. The summed E-state index contributed by atoms with van der Waals surface area (Å²) in [6.07, 6.45) is 5.04. The minimum Gasteiger partial charge on any atom is -0.453 e. The molecule has 1 aromatic heterocycles. The Hall–Kier alpha value is -0.470. The van der Waals surface area contributed by atoms with Crippen LogP contribution in [0.3, 0.4) is 0 Å². The minimum absolute atomic E-state index is 0.306. The van der Waals surface area contributed by atoms with Gasteiger partial charge in [-0.05, 0) is 48.9 Å². The van der Waals surface area contributed by atoms with Crippen LogP contribution in [0, 0.1) is 5.41 Å². The van der Waals surface area contributed by atoms with Gasteiger partial charge in [-0.15, -0.1) is 0 Å². The first-order valence-corrected chi connectivity index (χ1v) is 6.78. The van der Waals surface area contributed by atoms with Crippen LogP contribution in [0.15, 0.2) is 16.7 Å². The number of halogens is 1. The summed E-state index contributed by atoms with van der Waals surface area (Å²) < 4.78 is 5.18. The van der Waals surface area contributed by atoms with Gasteiger partial charge in [0.05, 0.1) is 6.26 Å². The molecule has 0 saturated carbocycles. The van der Waals surface area contributed by atoms with Crippen LogP contribution < -0.4 is 5.32 Å². The maximum absolute atomic E-state index is 6.06. The van der Waals surface area contributed by atoms with E-state index >= 15 is 0 Å². The second kappa shape index (κ2) is 6.46. The molecule has 1 unspecified atom stereocenters. The van der Waals surface area contributed by atoms with Gasteiger partial charge in [0.1, 0.15) is 0 Å². The van der Waals surface area contributed by atoms with Crippen molar-refractivity contribution in [3.05, 3.63) is 23.1 Å². The van der Waals surface area contributed by atoms with Crippen LogP contribution in [-0.2, 0) is 0 Å². The summed E-state index contributed by atoms with van der Waals surface area (Å²) in [7, 11) is 0. The van der Waals surface area contributed by atoms with E-state index in [4.69, 9.17) is 16.0 Å². The van der Waals surface area contributed by atoms with E-state index in [-0.39, 0.29) is 0 Å². The normalized spacial score (nSPS) is 13.9. The smallest absolute Gasteiger partial charge is 0.197 e. The zero-order chi connectivity index (χ0) is 12.9. The van der Waals surface area contributed by atoms with Crippen LogP contribution in [0.4, 0.5) is 0 Å². The molecule has 1 aromatic rings. The maximum atomic E-state index is 6.06. The molecule has 0 aliphatic heterocycles. The summed E-state index contributed by atoms with van der Waals surface area (Å²) in [6, 6.07) is 2.28. The minimum atomic E-state index is 0.306. The molecule has 0 radical (unpaired) electrons. The van der Waals surface area contributed by atoms with Crippen LogP contribution >= 0.6 is 11.6 Å². The van der Waals surface area contributed by atoms with Crippen LogP contribution in [0.1, 0.15) is 58.6 Å². The van der Waals surface area contributed by atoms with Crippen LogP contribution in [-0.4, -0.2) is 6.54 Å². The molecule has 0 saturated heterocycles. The molecule has 0 aromatic carbocycles. The average Bonchev–Trinajstić information content (AvgIpc) is 2.63. The summed E-state index contributed by atoms with van der Waals surface area (Å²) in [6.45, 7) is 9.98. The molecule has 3 heteroatoms. The van der Waals surface area contributed by atoms with Crippen molar-refractivity contribution in [2.24, 2.45) is 5.41 Å². The van der Waals surface area contributed by atoms with Gasteiger partial charge in [-0.1, -0.05) is 27.7 Å². The van der Waals surface area contributed by atoms with Crippen LogP contribution in [0.2, 0.25) is 5.22 Å². The van der Waals surface area contributed by atoms with Crippen molar-refractivity contribution in [1.29, 1.82) is 0 Å². The van der Waals surface area contributed by atoms with E-state index < -0.39 is 0 Å². The summed E-state index contributed by atoms with van der Waals surface area (Å²) in [4.78, 5) is 0. The summed E-state index contributed by atoms with van der Waals surface area (Å²) in [5.74, 6) is 0. The molecule has 2 nitrogen and oxygen atoms in total. The lowest BCUT2D eigenvalue weighted by molar-refractivity contribution is 0.331. The molecule has 98 valence electrons. The SMILES string of the molecule is CCCNC(CCC(C)(C)C)c1ccoc1Cl. The third kappa shape index (κ3) is 5.13. The quantitative estimate of drug-likeness (QED) is 0.792. The third-order valence-corrected chi connectivity index (χ3v) is 3.15. The molecular weight excluding hydrogens is 234 g/mol. The second-order valence-electron chi connectivity index (χ2n) is 5.76. The Labute approximate surface area is 110 Å². The van der Waals surface area contributed by atoms with Gasteiger partial charge in [0.25, 0.3) is 0 Å². The van der Waals surface area contributed by atoms with Crippen molar-refractivity contribution in [2.45, 2.75) is 53.0 Å². The standard InChI is InChI=1S/C14H24ClNO/c1-5-9-16-12(6-8-14(2,3)4)11-7-10-17-13(11)15/h7,10,12,16H,5-6,8-9H2,1-4H3. The van der Waals surface area contributed by atoms with Gasteiger partial charge in [0, 0.05) is 11.6 Å². The first-order chi connectivity index (χ1) is 7.94. The van der Waals surface area contributed by atoms with E-state index in [1.54, 1.807) is 6.26 Å². The Balaban J connectivity index is 2.64. The van der Waals surface area contributed by atoms with E-state index in [0.29, 0.717) is 16.7 Å². The van der Waals surface area contributed by atoms with Crippen molar-refractivity contribution in [3.63, 3.8) is 0 Å². The first-order valence-electron chi connectivity index (χ1n) is 6.40. The predicted molar refractivity (Wildman–Crippen MR) is 73.4 cm³/mol. The number of nitrogens with one attached hydrogen (secondary N) is 1. The van der Waals surface area contributed by atoms with Gasteiger partial charge < -0.3 is 9.73 Å². The summed E-state index contributed by atoms with van der Waals surface area (Å²) in [5, 5.41) is 4.06. The average molecular weight is 258 g/mol. The fraction of sp³-hybridized carbons (Fsp3) is 0.714. The topological polar surface area (TPSA) is 25.2 Å². The summed E-state index contributed by atoms with van der Waals surface area (Å²) in [5.41, 5.74) is 1.44. The van der Waals surface area contributed by atoms with Gasteiger partial charge in [-0.2, -0.15) is 0 Å². The maximum Gasteiger partial charge on any atom is 0.197 e. The van der Waals surface area contributed by atoms with Gasteiger partial charge in [-0.25, -0.2) is 0 Å². The largest absolute Gasteiger partial charge is 0.453 e. The molecule has 1 rings (SSSR count). The number of furan rings is 1. The van der Waals surface area contributed by atoms with E-state index in [0.717, 1.165) is 31.4 Å². The highest BCUT2D eigenvalue weighted by Crippen LogP contribution is 2.31. The van der Waals surface area contributed by atoms with Gasteiger partial charge >= 0.3 is 0 Å². The van der Waals surface area contributed by atoms with E-state index in [9.17, 15) is 0 Å². The molecule has 0 amide bonds. The first kappa shape index (κ1) is 14.6.